The summed E-state index contributed by atoms with van der Waals surface area (Å²) in [6, 6.07) is 10.4. The van der Waals surface area contributed by atoms with Crippen molar-refractivity contribution in [2.45, 2.75) is 38.6 Å². The fourth-order valence-electron chi connectivity index (χ4n) is 3.91. The van der Waals surface area contributed by atoms with Crippen molar-refractivity contribution in [1.82, 2.24) is 4.90 Å². The molecule has 0 atom stereocenters. The lowest BCUT2D eigenvalue weighted by molar-refractivity contribution is -0.128. The Labute approximate surface area is 204 Å². The van der Waals surface area contributed by atoms with E-state index >= 15 is 4.39 Å². The number of rotatable bonds is 7. The highest BCUT2D eigenvalue weighted by atomic mass is 32.1. The maximum absolute atomic E-state index is 15.2. The van der Waals surface area contributed by atoms with Crippen LogP contribution in [-0.2, 0) is 16.0 Å². The summed E-state index contributed by atoms with van der Waals surface area (Å²) in [7, 11) is 4.75. The average molecular weight is 483 g/mol. The molecule has 1 fully saturated rings. The second kappa shape index (κ2) is 9.77. The van der Waals surface area contributed by atoms with Gasteiger partial charge in [-0.25, -0.2) is 9.24 Å². The van der Waals surface area contributed by atoms with Gasteiger partial charge in [0.1, 0.15) is 5.54 Å². The van der Waals surface area contributed by atoms with Crippen LogP contribution in [0.1, 0.15) is 32.3 Å². The van der Waals surface area contributed by atoms with E-state index in [0.717, 1.165) is 23.3 Å². The lowest BCUT2D eigenvalue weighted by Gasteiger charge is -2.29. The summed E-state index contributed by atoms with van der Waals surface area (Å²) in [6.07, 6.45) is 1.96. The molecule has 0 bridgehead atoms. The molecular weight excluding hydrogens is 455 g/mol. The summed E-state index contributed by atoms with van der Waals surface area (Å²) >= 11 is 5.63. The molecule has 0 N–H and O–H groups in total. The average Bonchev–Trinajstić information content (AvgIpc) is 2.97. The first-order valence-corrected chi connectivity index (χ1v) is 11.2. The Morgan fingerprint density at radius 3 is 2.41 bits per heavy atom. The van der Waals surface area contributed by atoms with Crippen molar-refractivity contribution in [3.05, 3.63) is 59.2 Å². The van der Waals surface area contributed by atoms with E-state index < -0.39 is 11.4 Å². The number of anilines is 2. The Morgan fingerprint density at radius 2 is 1.85 bits per heavy atom. The highest BCUT2D eigenvalue weighted by molar-refractivity contribution is 7.81. The number of carbonyl (C=O) groups is 2. The van der Waals surface area contributed by atoms with Gasteiger partial charge in [-0.05, 0) is 62.7 Å². The molecule has 34 heavy (non-hydrogen) atoms. The molecule has 9 heteroatoms. The van der Waals surface area contributed by atoms with Gasteiger partial charge >= 0.3 is 0 Å². The molecule has 1 aliphatic rings. The summed E-state index contributed by atoms with van der Waals surface area (Å²) in [5, 5.41) is 0.135. The highest BCUT2D eigenvalue weighted by Crippen LogP contribution is 2.41. The van der Waals surface area contributed by atoms with E-state index in [2.05, 4.69) is 4.85 Å². The van der Waals surface area contributed by atoms with E-state index in [-0.39, 0.29) is 34.1 Å². The molecule has 7 nitrogen and oxygen atoms in total. The van der Waals surface area contributed by atoms with E-state index in [1.807, 2.05) is 24.3 Å². The van der Waals surface area contributed by atoms with E-state index in [4.69, 9.17) is 23.5 Å². The molecule has 0 spiro atoms. The Kier molecular flexibility index (Phi) is 7.22. The number of hydrogen-bond acceptors (Lipinski definition) is 4. The quantitative estimate of drug-likeness (QED) is 0.423. The Bertz CT molecular complexity index is 1170. The van der Waals surface area contributed by atoms with Crippen molar-refractivity contribution in [3.63, 3.8) is 0 Å². The number of nitrogens with zero attached hydrogens (tertiary/aromatic N) is 4. The van der Waals surface area contributed by atoms with Crippen LogP contribution in [0.25, 0.3) is 4.85 Å². The van der Waals surface area contributed by atoms with Gasteiger partial charge in [-0.1, -0.05) is 18.2 Å². The molecule has 1 heterocycles. The van der Waals surface area contributed by atoms with E-state index in [1.54, 1.807) is 37.7 Å². The Morgan fingerprint density at radius 1 is 1.21 bits per heavy atom. The van der Waals surface area contributed by atoms with Crippen LogP contribution in [-0.4, -0.2) is 48.6 Å². The molecule has 2 aromatic rings. The van der Waals surface area contributed by atoms with Crippen molar-refractivity contribution in [2.24, 2.45) is 0 Å². The first-order chi connectivity index (χ1) is 16.0. The van der Waals surface area contributed by atoms with Gasteiger partial charge in [0, 0.05) is 26.2 Å². The molecule has 0 saturated carbocycles. The lowest BCUT2D eigenvalue weighted by atomic mass is 10.0. The zero-order valence-corrected chi connectivity index (χ0v) is 20.7. The molecule has 0 aliphatic carbocycles. The van der Waals surface area contributed by atoms with Gasteiger partial charge in [-0.15, -0.1) is 0 Å². The molecule has 1 saturated heterocycles. The summed E-state index contributed by atoms with van der Waals surface area (Å²) in [5.41, 5.74) is 0.655. The number of amides is 2. The molecule has 3 rings (SSSR count). The zero-order valence-electron chi connectivity index (χ0n) is 19.9. The Balaban J connectivity index is 1.87. The predicted octanol–water partition coefficient (Wildman–Crippen LogP) is 4.71. The van der Waals surface area contributed by atoms with Crippen molar-refractivity contribution in [3.8, 4) is 5.75 Å². The lowest BCUT2D eigenvalue weighted by Crippen LogP contribution is -2.44. The number of halogens is 1. The van der Waals surface area contributed by atoms with Gasteiger partial charge in [0.05, 0.1) is 19.4 Å². The van der Waals surface area contributed by atoms with Crippen LogP contribution in [0, 0.1) is 12.4 Å². The standard InChI is InChI=1S/C25H27FN4O3S/c1-25(2)23(32)29(19-15-14-18(27-3)22(33-6)21(19)26)24(34)30(25)17-12-10-16(11-13-17)8-7-9-20(31)28(4)5/h10-15H,7-9H2,1-2,4-6H3. The first-order valence-electron chi connectivity index (χ1n) is 10.8. The molecule has 1 aliphatic heterocycles. The van der Waals surface area contributed by atoms with Crippen LogP contribution in [0.5, 0.6) is 5.75 Å². The number of carbonyl (C=O) groups excluding carboxylic acids is 2. The number of thiocarbonyl (C=S) groups is 1. The summed E-state index contributed by atoms with van der Waals surface area (Å²) in [4.78, 5) is 32.8. The molecule has 2 amide bonds. The third kappa shape index (κ3) is 4.46. The minimum absolute atomic E-state index is 0.0142. The smallest absolute Gasteiger partial charge is 0.259 e. The van der Waals surface area contributed by atoms with Crippen LogP contribution >= 0.6 is 12.2 Å². The molecule has 0 aromatic heterocycles. The number of ether oxygens (including phenoxy) is 1. The van der Waals surface area contributed by atoms with Crippen LogP contribution in [0.2, 0.25) is 0 Å². The highest BCUT2D eigenvalue weighted by Gasteiger charge is 2.51. The van der Waals surface area contributed by atoms with Crippen molar-refractivity contribution in [2.75, 3.05) is 31.0 Å². The molecule has 0 unspecified atom stereocenters. The van der Waals surface area contributed by atoms with Gasteiger partial charge < -0.3 is 14.5 Å². The normalized spacial score (nSPS) is 14.9. The van der Waals surface area contributed by atoms with Crippen molar-refractivity contribution < 1.29 is 18.7 Å². The van der Waals surface area contributed by atoms with Gasteiger partial charge in [0.25, 0.3) is 5.91 Å². The summed E-state index contributed by atoms with van der Waals surface area (Å²) in [5.74, 6) is -1.34. The maximum atomic E-state index is 15.2. The van der Waals surface area contributed by atoms with Gasteiger partial charge in [-0.3, -0.25) is 14.5 Å². The molecule has 0 radical (unpaired) electrons. The molecular formula is C25H27FN4O3S. The first kappa shape index (κ1) is 25.1. The van der Waals surface area contributed by atoms with Gasteiger partial charge in [-0.2, -0.15) is 0 Å². The molecule has 2 aromatic carbocycles. The fourth-order valence-corrected chi connectivity index (χ4v) is 4.43. The SMILES string of the molecule is [C-]#[N+]c1ccc(N2C(=O)C(C)(C)N(c3ccc(CCCC(=O)N(C)C)cc3)C2=S)c(F)c1OC. The van der Waals surface area contributed by atoms with E-state index in [1.165, 1.54) is 19.2 Å². The number of aryl methyl sites for hydroxylation is 1. The zero-order chi connectivity index (χ0) is 25.2. The third-order valence-electron chi connectivity index (χ3n) is 5.84. The third-order valence-corrected chi connectivity index (χ3v) is 6.20. The summed E-state index contributed by atoms with van der Waals surface area (Å²) in [6.45, 7) is 10.6. The number of methoxy groups -OCH3 is 1. The predicted molar refractivity (Wildman–Crippen MR) is 134 cm³/mol. The van der Waals surface area contributed by atoms with Crippen LogP contribution in [0.3, 0.4) is 0 Å². The van der Waals surface area contributed by atoms with E-state index in [0.29, 0.717) is 12.1 Å². The fraction of sp³-hybridized carbons (Fsp3) is 0.360. The monoisotopic (exact) mass is 482 g/mol. The number of hydrogen-bond donors (Lipinski definition) is 0. The van der Waals surface area contributed by atoms with E-state index in [9.17, 15) is 9.59 Å². The Hall–Kier alpha value is -3.51. The molecule has 178 valence electrons. The maximum Gasteiger partial charge on any atom is 0.259 e. The van der Waals surface area contributed by atoms with Crippen LogP contribution in [0.4, 0.5) is 21.5 Å². The minimum Gasteiger partial charge on any atom is -0.505 e. The van der Waals surface area contributed by atoms with Gasteiger partial charge in [0.15, 0.2) is 16.7 Å². The largest absolute Gasteiger partial charge is 0.505 e. The summed E-state index contributed by atoms with van der Waals surface area (Å²) < 4.78 is 20.3. The topological polar surface area (TPSA) is 57.5 Å². The second-order valence-electron chi connectivity index (χ2n) is 8.69. The van der Waals surface area contributed by atoms with Crippen LogP contribution < -0.4 is 14.5 Å². The minimum atomic E-state index is -1.06. The number of benzene rings is 2. The van der Waals surface area contributed by atoms with Crippen molar-refractivity contribution >= 4 is 46.2 Å². The van der Waals surface area contributed by atoms with Gasteiger partial charge in [0.2, 0.25) is 11.6 Å². The second-order valence-corrected chi connectivity index (χ2v) is 9.05. The van der Waals surface area contributed by atoms with Crippen molar-refractivity contribution in [1.29, 1.82) is 0 Å². The van der Waals surface area contributed by atoms with Crippen LogP contribution in [0.15, 0.2) is 36.4 Å².